The fourth-order valence-corrected chi connectivity index (χ4v) is 4.72. The number of carbonyl (C=O) groups is 1. The van der Waals surface area contributed by atoms with Gasteiger partial charge in [0.2, 0.25) is 0 Å². The van der Waals surface area contributed by atoms with E-state index < -0.39 is 11.6 Å². The molecule has 2 aliphatic rings. The molecule has 34 heavy (non-hydrogen) atoms. The monoisotopic (exact) mass is 462 g/mol. The number of fused-ring (bicyclic) bond motifs is 5. The summed E-state index contributed by atoms with van der Waals surface area (Å²) in [4.78, 5) is 34.9. The summed E-state index contributed by atoms with van der Waals surface area (Å²) in [5.74, 6) is -0.671. The maximum Gasteiger partial charge on any atom is 0.343 e. The van der Waals surface area contributed by atoms with Crippen LogP contribution in [0.2, 0.25) is 0 Å². The van der Waals surface area contributed by atoms with Crippen LogP contribution in [0.5, 0.6) is 5.75 Å². The third-order valence-electron chi connectivity index (χ3n) is 6.57. The number of hydrogen-bond acceptors (Lipinski definition) is 8. The van der Waals surface area contributed by atoms with E-state index in [9.17, 15) is 19.8 Å². The third-order valence-corrected chi connectivity index (χ3v) is 6.57. The number of aromatic hydroxyl groups is 1. The van der Waals surface area contributed by atoms with E-state index >= 15 is 0 Å². The highest BCUT2D eigenvalue weighted by Crippen LogP contribution is 2.39. The van der Waals surface area contributed by atoms with E-state index in [1.54, 1.807) is 41.6 Å². The van der Waals surface area contributed by atoms with E-state index in [4.69, 9.17) is 15.3 Å². The van der Waals surface area contributed by atoms with Gasteiger partial charge in [0.25, 0.3) is 5.56 Å². The minimum atomic E-state index is -1.88. The molecule has 2 aromatic heterocycles. The van der Waals surface area contributed by atoms with Crippen molar-refractivity contribution in [1.29, 1.82) is 0 Å². The molecule has 11 heteroatoms. The number of rotatable bonds is 5. The van der Waals surface area contributed by atoms with Crippen LogP contribution in [-0.2, 0) is 34.8 Å². The molecule has 2 aliphatic heterocycles. The van der Waals surface area contributed by atoms with E-state index in [2.05, 4.69) is 10.0 Å². The predicted molar refractivity (Wildman–Crippen MR) is 122 cm³/mol. The predicted octanol–water partition coefficient (Wildman–Crippen LogP) is 2.48. The second-order valence-electron chi connectivity index (χ2n) is 8.62. The van der Waals surface area contributed by atoms with E-state index in [-0.39, 0.29) is 48.7 Å². The summed E-state index contributed by atoms with van der Waals surface area (Å²) in [6, 6.07) is 6.81. The fraction of sp³-hybridized carbons (Fsp3) is 0.348. The summed E-state index contributed by atoms with van der Waals surface area (Å²) < 4.78 is 6.67. The van der Waals surface area contributed by atoms with Crippen molar-refractivity contribution in [2.24, 2.45) is 5.11 Å². The van der Waals surface area contributed by atoms with Crippen LogP contribution in [0.25, 0.3) is 32.7 Å². The lowest BCUT2D eigenvalue weighted by atomic mass is 9.86. The number of pyridine rings is 2. The van der Waals surface area contributed by atoms with Crippen LogP contribution in [0.15, 0.2) is 34.2 Å². The Balaban J connectivity index is 1.67. The fourth-order valence-electron chi connectivity index (χ4n) is 4.72. The second-order valence-corrected chi connectivity index (χ2v) is 8.62. The summed E-state index contributed by atoms with van der Waals surface area (Å²) >= 11 is 0. The summed E-state index contributed by atoms with van der Waals surface area (Å²) in [6.07, 6.45) is 0.0751. The molecule has 5 rings (SSSR count). The second kappa shape index (κ2) is 7.84. The van der Waals surface area contributed by atoms with Crippen LogP contribution in [-0.4, -0.2) is 44.3 Å². The smallest absolute Gasteiger partial charge is 0.343 e. The highest BCUT2D eigenvalue weighted by Gasteiger charge is 2.45. The Labute approximate surface area is 193 Å². The highest BCUT2D eigenvalue weighted by molar-refractivity contribution is 5.89. The summed E-state index contributed by atoms with van der Waals surface area (Å²) in [5, 5.41) is 25.8. The van der Waals surface area contributed by atoms with Gasteiger partial charge in [-0.15, -0.1) is 0 Å². The maximum absolute atomic E-state index is 13.3. The van der Waals surface area contributed by atoms with Gasteiger partial charge in [-0.1, -0.05) is 12.0 Å². The Kier molecular flexibility index (Phi) is 5.05. The normalized spacial score (nSPS) is 18.3. The SMILES string of the molecule is CC[C@@]1(O)C(=O)OCc2c1cc1n(c2=O)Cc2cc3c(CN(C)CN=[N+]=[N-])c(O)ccc3nc2-1. The Morgan fingerprint density at radius 1 is 1.35 bits per heavy atom. The number of phenols is 1. The van der Waals surface area contributed by atoms with Gasteiger partial charge in [0.1, 0.15) is 12.4 Å². The Morgan fingerprint density at radius 2 is 2.15 bits per heavy atom. The number of aliphatic hydroxyl groups is 1. The number of cyclic esters (lactones) is 1. The molecule has 0 spiro atoms. The van der Waals surface area contributed by atoms with Crippen LogP contribution < -0.4 is 5.56 Å². The van der Waals surface area contributed by atoms with E-state index in [1.165, 1.54) is 0 Å². The Bertz CT molecular complexity index is 1480. The van der Waals surface area contributed by atoms with Gasteiger partial charge >= 0.3 is 5.97 Å². The lowest BCUT2D eigenvalue weighted by Crippen LogP contribution is -2.44. The number of esters is 1. The maximum atomic E-state index is 13.3. The lowest BCUT2D eigenvalue weighted by Gasteiger charge is -2.31. The van der Waals surface area contributed by atoms with Crippen LogP contribution in [0, 0.1) is 0 Å². The van der Waals surface area contributed by atoms with E-state index in [0.717, 1.165) is 10.9 Å². The van der Waals surface area contributed by atoms with Crippen LogP contribution in [0.1, 0.15) is 35.6 Å². The molecule has 3 aromatic rings. The number of benzene rings is 1. The van der Waals surface area contributed by atoms with Gasteiger partial charge in [-0.2, -0.15) is 0 Å². The largest absolute Gasteiger partial charge is 0.508 e. The molecule has 1 atom stereocenters. The lowest BCUT2D eigenvalue weighted by molar-refractivity contribution is -0.172. The van der Waals surface area contributed by atoms with E-state index in [0.29, 0.717) is 29.0 Å². The number of azide groups is 1. The molecule has 0 unspecified atom stereocenters. The Morgan fingerprint density at radius 3 is 2.88 bits per heavy atom. The molecule has 0 amide bonds. The standard InChI is InChI=1S/C23H22N6O5/c1-3-23(33)16-7-18-20-12(8-29(18)21(31)15(16)10-34-22(23)32)6-13-14(9-28(2)11-25-27-24)19(30)5-4-17(13)26-20/h4-7,30,33H,3,8-11H2,1-2H3/t23-/m0/s1. The number of nitrogens with zero attached hydrogens (tertiary/aromatic N) is 6. The number of hydrogen-bond donors (Lipinski definition) is 2. The molecule has 0 radical (unpaired) electrons. The first-order valence-corrected chi connectivity index (χ1v) is 10.8. The van der Waals surface area contributed by atoms with Gasteiger partial charge in [-0.3, -0.25) is 9.69 Å². The van der Waals surface area contributed by atoms with E-state index in [1.807, 2.05) is 6.07 Å². The highest BCUT2D eigenvalue weighted by atomic mass is 16.6. The molecule has 0 bridgehead atoms. The molecule has 11 nitrogen and oxygen atoms in total. The first-order valence-electron chi connectivity index (χ1n) is 10.8. The van der Waals surface area contributed by atoms with Crippen molar-refractivity contribution in [2.45, 2.75) is 38.6 Å². The number of aromatic nitrogens is 2. The van der Waals surface area contributed by atoms with Crippen molar-refractivity contribution in [1.82, 2.24) is 14.5 Å². The van der Waals surface area contributed by atoms with Crippen molar-refractivity contribution in [2.75, 3.05) is 13.7 Å². The number of phenolic OH excluding ortho intramolecular Hbond substituents is 1. The topological polar surface area (TPSA) is 154 Å². The zero-order chi connectivity index (χ0) is 24.2. The van der Waals surface area contributed by atoms with Gasteiger partial charge < -0.3 is 19.5 Å². The van der Waals surface area contributed by atoms with Crippen molar-refractivity contribution in [3.05, 3.63) is 67.3 Å². The van der Waals surface area contributed by atoms with Gasteiger partial charge in [-0.05, 0) is 43.3 Å². The zero-order valence-corrected chi connectivity index (χ0v) is 18.6. The van der Waals surface area contributed by atoms with Gasteiger partial charge in [0, 0.05) is 33.5 Å². The molecular formula is C23H22N6O5. The van der Waals surface area contributed by atoms with Crippen LogP contribution in [0.3, 0.4) is 0 Å². The first kappa shape index (κ1) is 21.9. The van der Waals surface area contributed by atoms with Gasteiger partial charge in [0.15, 0.2) is 5.60 Å². The first-order chi connectivity index (χ1) is 16.3. The molecular weight excluding hydrogens is 440 g/mol. The van der Waals surface area contributed by atoms with Crippen molar-refractivity contribution >= 4 is 16.9 Å². The van der Waals surface area contributed by atoms with Crippen LogP contribution in [0.4, 0.5) is 0 Å². The third kappa shape index (κ3) is 3.13. The number of ether oxygens (including phenoxy) is 1. The molecule has 0 aliphatic carbocycles. The average Bonchev–Trinajstić information content (AvgIpc) is 3.19. The summed E-state index contributed by atoms with van der Waals surface area (Å²) in [5.41, 5.74) is 10.0. The Hall–Kier alpha value is -3.92. The molecule has 174 valence electrons. The number of carbonyl (C=O) groups excluding carboxylic acids is 1. The molecule has 1 aromatic carbocycles. The van der Waals surface area contributed by atoms with Crippen molar-refractivity contribution in [3.63, 3.8) is 0 Å². The van der Waals surface area contributed by atoms with Gasteiger partial charge in [-0.25, -0.2) is 9.78 Å². The zero-order valence-electron chi connectivity index (χ0n) is 18.6. The molecule has 4 heterocycles. The van der Waals surface area contributed by atoms with Crippen LogP contribution >= 0.6 is 0 Å². The van der Waals surface area contributed by atoms with Gasteiger partial charge in [0.05, 0.1) is 35.7 Å². The molecule has 0 fully saturated rings. The molecule has 0 saturated carbocycles. The minimum Gasteiger partial charge on any atom is -0.508 e. The minimum absolute atomic E-state index is 0.0751. The molecule has 2 N–H and O–H groups in total. The average molecular weight is 462 g/mol. The summed E-state index contributed by atoms with van der Waals surface area (Å²) in [7, 11) is 1.77. The quantitative estimate of drug-likeness (QED) is 0.200. The molecule has 0 saturated heterocycles. The van der Waals surface area contributed by atoms with Crippen molar-refractivity contribution in [3.8, 4) is 17.1 Å². The summed E-state index contributed by atoms with van der Waals surface area (Å²) in [6.45, 7) is 2.21. The van der Waals surface area contributed by atoms with Crippen molar-refractivity contribution < 1.29 is 19.7 Å².